The molecule has 1 aromatic heterocycles. The van der Waals surface area contributed by atoms with Gasteiger partial charge in [-0.05, 0) is 0 Å². The fourth-order valence-corrected chi connectivity index (χ4v) is 1.50. The molecule has 0 aliphatic heterocycles. The molecular formula is C8H10N6O4S. The number of nitrogens with zero attached hydrogens (tertiary/aromatic N) is 2. The minimum atomic E-state index is -1.24. The Labute approximate surface area is 110 Å². The third kappa shape index (κ3) is 4.23. The van der Waals surface area contributed by atoms with Gasteiger partial charge in [-0.3, -0.25) is 14.4 Å². The van der Waals surface area contributed by atoms with Gasteiger partial charge in [-0.2, -0.15) is 0 Å². The zero-order valence-corrected chi connectivity index (χ0v) is 10.2. The van der Waals surface area contributed by atoms with Gasteiger partial charge in [0.05, 0.1) is 0 Å². The van der Waals surface area contributed by atoms with Crippen molar-refractivity contribution < 1.29 is 19.2 Å². The summed E-state index contributed by atoms with van der Waals surface area (Å²) in [7, 11) is 0. The molecule has 3 amide bonds. The van der Waals surface area contributed by atoms with Gasteiger partial charge in [0.1, 0.15) is 5.69 Å². The highest BCUT2D eigenvalue weighted by Gasteiger charge is 2.16. The Balaban J connectivity index is 2.86. The number of nitrogen functional groups attached to an aromatic ring is 1. The molecule has 0 aliphatic carbocycles. The van der Waals surface area contributed by atoms with Crippen molar-refractivity contribution in [2.24, 2.45) is 10.9 Å². The van der Waals surface area contributed by atoms with E-state index in [4.69, 9.17) is 16.3 Å². The second-order valence-corrected chi connectivity index (χ2v) is 3.82. The van der Waals surface area contributed by atoms with Crippen LogP contribution in [0.5, 0.6) is 0 Å². The summed E-state index contributed by atoms with van der Waals surface area (Å²) >= 11 is 1.08. The van der Waals surface area contributed by atoms with Crippen LogP contribution in [0.4, 0.5) is 5.13 Å². The van der Waals surface area contributed by atoms with E-state index in [0.29, 0.717) is 0 Å². The van der Waals surface area contributed by atoms with Gasteiger partial charge in [0.2, 0.25) is 12.8 Å². The van der Waals surface area contributed by atoms with E-state index in [1.54, 1.807) is 0 Å². The first-order valence-electron chi connectivity index (χ1n) is 4.73. The maximum atomic E-state index is 11.2. The summed E-state index contributed by atoms with van der Waals surface area (Å²) in [6.45, 7) is 0. The lowest BCUT2D eigenvalue weighted by atomic mass is 10.3. The molecule has 1 aromatic rings. The van der Waals surface area contributed by atoms with Crippen molar-refractivity contribution in [2.75, 3.05) is 5.73 Å². The molecule has 0 saturated heterocycles. The lowest BCUT2D eigenvalue weighted by molar-refractivity contribution is -0.119. The van der Waals surface area contributed by atoms with Crippen LogP contribution in [0, 0.1) is 0 Å². The Bertz CT molecular complexity index is 491. The molecule has 11 heteroatoms. The Morgan fingerprint density at radius 1 is 1.47 bits per heavy atom. The molecule has 0 aliphatic rings. The summed E-state index contributed by atoms with van der Waals surface area (Å²) in [5.74, 6) is -0.902. The monoisotopic (exact) mass is 286 g/mol. The third-order valence-corrected chi connectivity index (χ3v) is 2.36. The predicted molar refractivity (Wildman–Crippen MR) is 65.5 cm³/mol. The third-order valence-electron chi connectivity index (χ3n) is 1.69. The normalized spacial score (nSPS) is 10.9. The number of nitrogens with one attached hydrogen (secondary N) is 2. The Hall–Kier alpha value is -2.69. The van der Waals surface area contributed by atoms with Gasteiger partial charge in [-0.25, -0.2) is 4.98 Å². The Kier molecular flexibility index (Phi) is 5.22. The molecule has 0 aromatic carbocycles. The first-order valence-corrected chi connectivity index (χ1v) is 5.60. The zero-order valence-electron chi connectivity index (χ0n) is 9.40. The molecule has 0 bridgehead atoms. The smallest absolute Gasteiger partial charge is 0.277 e. The van der Waals surface area contributed by atoms with Gasteiger partial charge >= 0.3 is 0 Å². The average Bonchev–Trinajstić information content (AvgIpc) is 2.76. The summed E-state index contributed by atoms with van der Waals surface area (Å²) in [5.41, 5.74) is 10.4. The fraction of sp³-hybridized carbons (Fsp3) is 0.125. The average molecular weight is 286 g/mol. The maximum Gasteiger partial charge on any atom is 0.277 e. The minimum absolute atomic E-state index is 0.131. The van der Waals surface area contributed by atoms with Gasteiger partial charge in [0, 0.05) is 5.38 Å². The van der Waals surface area contributed by atoms with E-state index in [1.807, 2.05) is 0 Å². The molecular weight excluding hydrogens is 276 g/mol. The van der Waals surface area contributed by atoms with Crippen LogP contribution in [0.3, 0.4) is 0 Å². The van der Waals surface area contributed by atoms with Crippen LogP contribution in [-0.4, -0.2) is 35.8 Å². The molecule has 102 valence electrons. The summed E-state index contributed by atoms with van der Waals surface area (Å²) in [6.07, 6.45) is -0.677. The van der Waals surface area contributed by atoms with Crippen molar-refractivity contribution in [1.82, 2.24) is 15.6 Å². The Morgan fingerprint density at radius 3 is 2.53 bits per heavy atom. The van der Waals surface area contributed by atoms with E-state index in [1.165, 1.54) is 5.38 Å². The highest BCUT2D eigenvalue weighted by atomic mass is 32.1. The van der Waals surface area contributed by atoms with E-state index in [9.17, 15) is 14.4 Å². The highest BCUT2D eigenvalue weighted by molar-refractivity contribution is 7.13. The first kappa shape index (κ1) is 14.4. The van der Waals surface area contributed by atoms with Crippen LogP contribution >= 0.6 is 11.3 Å². The number of hydrogen-bond acceptors (Lipinski definition) is 8. The molecule has 19 heavy (non-hydrogen) atoms. The van der Waals surface area contributed by atoms with E-state index in [0.717, 1.165) is 11.3 Å². The second kappa shape index (κ2) is 6.90. The van der Waals surface area contributed by atoms with Gasteiger partial charge in [0.25, 0.3) is 12.3 Å². The fourth-order valence-electron chi connectivity index (χ4n) is 0.952. The van der Waals surface area contributed by atoms with Gasteiger partial charge in [0.15, 0.2) is 10.8 Å². The quantitative estimate of drug-likeness (QED) is 0.182. The van der Waals surface area contributed by atoms with Crippen molar-refractivity contribution in [2.45, 2.75) is 6.35 Å². The van der Waals surface area contributed by atoms with E-state index >= 15 is 0 Å². The SMILES string of the molecule is NC(=O)C(=NOC(NC=O)NC=O)c1csc(N)n1. The van der Waals surface area contributed by atoms with Crippen LogP contribution < -0.4 is 22.1 Å². The van der Waals surface area contributed by atoms with E-state index in [-0.39, 0.29) is 29.4 Å². The van der Waals surface area contributed by atoms with E-state index in [2.05, 4.69) is 20.8 Å². The minimum Gasteiger partial charge on any atom is -0.375 e. The molecule has 6 N–H and O–H groups in total. The van der Waals surface area contributed by atoms with Crippen molar-refractivity contribution in [3.63, 3.8) is 0 Å². The number of aromatic nitrogens is 1. The molecule has 0 radical (unpaired) electrons. The standard InChI is InChI=1S/C8H10N6O4S/c9-6(17)5(4-1-19-7(10)13-4)14-18-8(11-2-15)12-3-16/h1-3,8H,(H2,9,17)(H2,10,13)(H,11,15)(H,12,16). The Morgan fingerprint density at radius 2 is 2.11 bits per heavy atom. The van der Waals surface area contributed by atoms with E-state index < -0.39 is 12.3 Å². The number of oxime groups is 1. The molecule has 0 unspecified atom stereocenters. The number of anilines is 1. The van der Waals surface area contributed by atoms with Crippen LogP contribution in [0.1, 0.15) is 5.69 Å². The topological polar surface area (TPSA) is 162 Å². The van der Waals surface area contributed by atoms with Crippen LogP contribution in [0.25, 0.3) is 0 Å². The molecule has 10 nitrogen and oxygen atoms in total. The summed E-state index contributed by atoms with van der Waals surface area (Å²) < 4.78 is 0. The number of carbonyl (C=O) groups excluding carboxylic acids is 3. The lowest BCUT2D eigenvalue weighted by Crippen LogP contribution is -2.42. The number of rotatable bonds is 8. The lowest BCUT2D eigenvalue weighted by Gasteiger charge is -2.12. The highest BCUT2D eigenvalue weighted by Crippen LogP contribution is 2.12. The number of nitrogens with two attached hydrogens (primary N) is 2. The summed E-state index contributed by atoms with van der Waals surface area (Å²) in [4.78, 5) is 40.2. The largest absolute Gasteiger partial charge is 0.375 e. The zero-order chi connectivity index (χ0) is 14.3. The van der Waals surface area contributed by atoms with Crippen molar-refractivity contribution >= 4 is 40.9 Å². The van der Waals surface area contributed by atoms with Crippen LogP contribution in [0.2, 0.25) is 0 Å². The van der Waals surface area contributed by atoms with Crippen molar-refractivity contribution in [3.05, 3.63) is 11.1 Å². The number of primary amides is 1. The van der Waals surface area contributed by atoms with Crippen molar-refractivity contribution in [3.8, 4) is 0 Å². The molecule has 0 atom stereocenters. The van der Waals surface area contributed by atoms with Gasteiger partial charge < -0.3 is 26.9 Å². The second-order valence-electron chi connectivity index (χ2n) is 2.93. The summed E-state index contributed by atoms with van der Waals surface area (Å²) in [6, 6.07) is 0. The molecule has 1 rings (SSSR count). The van der Waals surface area contributed by atoms with Crippen molar-refractivity contribution in [1.29, 1.82) is 0 Å². The first-order chi connectivity index (χ1) is 9.08. The maximum absolute atomic E-state index is 11.2. The number of hydrogen-bond donors (Lipinski definition) is 4. The summed E-state index contributed by atoms with van der Waals surface area (Å²) in [5, 5.41) is 9.28. The number of carbonyl (C=O) groups is 3. The molecule has 0 spiro atoms. The molecule has 0 saturated carbocycles. The number of amides is 3. The van der Waals surface area contributed by atoms with Gasteiger partial charge in [-0.15, -0.1) is 11.3 Å². The molecule has 0 fully saturated rings. The predicted octanol–water partition coefficient (Wildman–Crippen LogP) is -2.29. The molecule has 1 heterocycles. The number of thiazole rings is 1. The van der Waals surface area contributed by atoms with Crippen LogP contribution in [-0.2, 0) is 19.2 Å². The van der Waals surface area contributed by atoms with Gasteiger partial charge in [-0.1, -0.05) is 5.16 Å². The van der Waals surface area contributed by atoms with Crippen LogP contribution in [0.15, 0.2) is 10.5 Å².